The highest BCUT2D eigenvalue weighted by Crippen LogP contribution is 2.05. The van der Waals surface area contributed by atoms with Crippen LogP contribution in [0.15, 0.2) is 59.5 Å². The summed E-state index contributed by atoms with van der Waals surface area (Å²) in [5, 5.41) is 8.63. The number of phenols is 1. The van der Waals surface area contributed by atoms with Crippen LogP contribution in [0, 0.1) is 6.92 Å². The quantitative estimate of drug-likeness (QED) is 0.646. The molecule has 2 aromatic rings. The molecule has 0 aromatic heterocycles. The van der Waals surface area contributed by atoms with Gasteiger partial charge >= 0.3 is 0 Å². The van der Waals surface area contributed by atoms with Crippen LogP contribution in [0.2, 0.25) is 0 Å². The van der Waals surface area contributed by atoms with Crippen molar-refractivity contribution in [3.05, 3.63) is 60.2 Å². The van der Waals surface area contributed by atoms with Gasteiger partial charge in [0.05, 0.1) is 0 Å². The van der Waals surface area contributed by atoms with E-state index in [4.69, 9.17) is 5.11 Å². The van der Waals surface area contributed by atoms with E-state index >= 15 is 0 Å². The third-order valence-electron chi connectivity index (χ3n) is 1.79. The normalized spacial score (nSPS) is 8.93. The van der Waals surface area contributed by atoms with Gasteiger partial charge in [-0.05, 0) is 31.2 Å². The third kappa shape index (κ3) is 5.13. The smallest absolute Gasteiger partial charge is 0.115 e. The Morgan fingerprint density at radius 2 is 1.40 bits per heavy atom. The summed E-state index contributed by atoms with van der Waals surface area (Å²) in [5.74, 6) is 0.322. The molecule has 0 saturated heterocycles. The molecule has 0 amide bonds. The van der Waals surface area contributed by atoms with Crippen LogP contribution in [0.3, 0.4) is 0 Å². The summed E-state index contributed by atoms with van der Waals surface area (Å²) in [6.45, 7) is 2.06. The SMILES string of the molecule is Cc1ccc(S)cc1.Oc1ccccc1. The van der Waals surface area contributed by atoms with Crippen molar-refractivity contribution in [1.82, 2.24) is 0 Å². The lowest BCUT2D eigenvalue weighted by Crippen LogP contribution is -1.67. The van der Waals surface area contributed by atoms with Crippen molar-refractivity contribution < 1.29 is 5.11 Å². The molecule has 0 spiro atoms. The van der Waals surface area contributed by atoms with Gasteiger partial charge < -0.3 is 5.11 Å². The zero-order valence-corrected chi connectivity index (χ0v) is 9.49. The first-order valence-corrected chi connectivity index (χ1v) is 5.13. The number of benzene rings is 2. The molecule has 0 radical (unpaired) electrons. The number of hydrogen-bond donors (Lipinski definition) is 2. The predicted molar refractivity (Wildman–Crippen MR) is 66.5 cm³/mol. The number of rotatable bonds is 0. The Bertz CT molecular complexity index is 360. The van der Waals surface area contributed by atoms with Crippen molar-refractivity contribution in [2.45, 2.75) is 11.8 Å². The van der Waals surface area contributed by atoms with Crippen LogP contribution in [0.25, 0.3) is 0 Å². The van der Waals surface area contributed by atoms with Crippen LogP contribution in [-0.4, -0.2) is 5.11 Å². The summed E-state index contributed by atoms with van der Waals surface area (Å²) in [6.07, 6.45) is 0. The van der Waals surface area contributed by atoms with Crippen molar-refractivity contribution in [2.75, 3.05) is 0 Å². The molecule has 15 heavy (non-hydrogen) atoms. The lowest BCUT2D eigenvalue weighted by molar-refractivity contribution is 0.475. The van der Waals surface area contributed by atoms with Crippen molar-refractivity contribution in [1.29, 1.82) is 0 Å². The standard InChI is InChI=1S/C7H8S.C6H6O/c1-6-2-4-7(8)5-3-6;7-6-4-2-1-3-5-6/h2-5,8H,1H3;1-5,7H. The van der Waals surface area contributed by atoms with E-state index < -0.39 is 0 Å². The molecule has 1 nitrogen and oxygen atoms in total. The molecule has 0 bridgehead atoms. The third-order valence-corrected chi connectivity index (χ3v) is 2.09. The van der Waals surface area contributed by atoms with Gasteiger partial charge in [0.25, 0.3) is 0 Å². The second-order valence-corrected chi connectivity index (χ2v) is 3.69. The maximum atomic E-state index is 8.63. The Balaban J connectivity index is 0.000000151. The summed E-state index contributed by atoms with van der Waals surface area (Å²) >= 11 is 4.13. The molecule has 0 aliphatic heterocycles. The van der Waals surface area contributed by atoms with Crippen LogP contribution in [0.1, 0.15) is 5.56 Å². The van der Waals surface area contributed by atoms with Gasteiger partial charge in [-0.3, -0.25) is 0 Å². The Labute approximate surface area is 95.8 Å². The lowest BCUT2D eigenvalue weighted by Gasteiger charge is -1.89. The fraction of sp³-hybridized carbons (Fsp3) is 0.0769. The molecule has 1 N–H and O–H groups in total. The van der Waals surface area contributed by atoms with E-state index in [9.17, 15) is 0 Å². The van der Waals surface area contributed by atoms with E-state index in [1.807, 2.05) is 30.3 Å². The van der Waals surface area contributed by atoms with Crippen LogP contribution >= 0.6 is 12.6 Å². The maximum Gasteiger partial charge on any atom is 0.115 e. The summed E-state index contributed by atoms with van der Waals surface area (Å²) in [5.41, 5.74) is 1.28. The second kappa shape index (κ2) is 6.14. The highest BCUT2D eigenvalue weighted by atomic mass is 32.1. The van der Waals surface area contributed by atoms with E-state index in [2.05, 4.69) is 19.6 Å². The fourth-order valence-corrected chi connectivity index (χ4v) is 1.12. The van der Waals surface area contributed by atoms with Crippen LogP contribution in [0.5, 0.6) is 5.75 Å². The highest BCUT2D eigenvalue weighted by molar-refractivity contribution is 7.80. The Morgan fingerprint density at radius 1 is 0.867 bits per heavy atom. The van der Waals surface area contributed by atoms with Gasteiger partial charge in [0.15, 0.2) is 0 Å². The van der Waals surface area contributed by atoms with Gasteiger partial charge in [0, 0.05) is 4.90 Å². The Hall–Kier alpha value is -1.41. The molecular weight excluding hydrogens is 204 g/mol. The number of aromatic hydroxyl groups is 1. The molecular formula is C13H14OS. The van der Waals surface area contributed by atoms with Crippen LogP contribution in [-0.2, 0) is 0 Å². The highest BCUT2D eigenvalue weighted by Gasteiger charge is 1.80. The number of aryl methyl sites for hydroxylation is 1. The number of hydrogen-bond acceptors (Lipinski definition) is 2. The van der Waals surface area contributed by atoms with Gasteiger partial charge in [0.2, 0.25) is 0 Å². The minimum atomic E-state index is 0.322. The molecule has 0 unspecified atom stereocenters. The molecule has 2 aromatic carbocycles. The van der Waals surface area contributed by atoms with E-state index in [0.717, 1.165) is 4.90 Å². The number of phenolic OH excluding ortho intramolecular Hbond substituents is 1. The molecule has 0 atom stereocenters. The molecule has 78 valence electrons. The molecule has 0 heterocycles. The Morgan fingerprint density at radius 3 is 1.73 bits per heavy atom. The van der Waals surface area contributed by atoms with Gasteiger partial charge in [0.1, 0.15) is 5.75 Å². The summed E-state index contributed by atoms with van der Waals surface area (Å²) in [6, 6.07) is 16.8. The zero-order valence-electron chi connectivity index (χ0n) is 8.59. The summed E-state index contributed by atoms with van der Waals surface area (Å²) in [7, 11) is 0. The summed E-state index contributed by atoms with van der Waals surface area (Å²) in [4.78, 5) is 1.02. The molecule has 0 aliphatic carbocycles. The predicted octanol–water partition coefficient (Wildman–Crippen LogP) is 3.68. The first kappa shape index (κ1) is 11.7. The first-order chi connectivity index (χ1) is 7.18. The first-order valence-electron chi connectivity index (χ1n) is 4.68. The average Bonchev–Trinajstić information content (AvgIpc) is 2.25. The van der Waals surface area contributed by atoms with Crippen LogP contribution < -0.4 is 0 Å². The van der Waals surface area contributed by atoms with Gasteiger partial charge in [-0.2, -0.15) is 0 Å². The second-order valence-electron chi connectivity index (χ2n) is 3.17. The molecule has 0 saturated carbocycles. The van der Waals surface area contributed by atoms with Crippen molar-refractivity contribution in [3.8, 4) is 5.75 Å². The zero-order chi connectivity index (χ0) is 11.1. The van der Waals surface area contributed by atoms with E-state index in [1.165, 1.54) is 5.56 Å². The van der Waals surface area contributed by atoms with Crippen molar-refractivity contribution in [2.24, 2.45) is 0 Å². The largest absolute Gasteiger partial charge is 0.508 e. The fourth-order valence-electron chi connectivity index (χ4n) is 0.973. The number of thiol groups is 1. The van der Waals surface area contributed by atoms with Crippen molar-refractivity contribution >= 4 is 12.6 Å². The molecule has 2 heteroatoms. The van der Waals surface area contributed by atoms with Gasteiger partial charge in [-0.1, -0.05) is 35.9 Å². The van der Waals surface area contributed by atoms with Crippen molar-refractivity contribution in [3.63, 3.8) is 0 Å². The average molecular weight is 218 g/mol. The monoisotopic (exact) mass is 218 g/mol. The molecule has 2 rings (SSSR count). The number of para-hydroxylation sites is 1. The lowest BCUT2D eigenvalue weighted by atomic mass is 10.2. The van der Waals surface area contributed by atoms with Gasteiger partial charge in [-0.25, -0.2) is 0 Å². The van der Waals surface area contributed by atoms with Gasteiger partial charge in [-0.15, -0.1) is 12.6 Å². The van der Waals surface area contributed by atoms with Crippen LogP contribution in [0.4, 0.5) is 0 Å². The van der Waals surface area contributed by atoms with E-state index in [-0.39, 0.29) is 0 Å². The van der Waals surface area contributed by atoms with E-state index in [1.54, 1.807) is 24.3 Å². The minimum absolute atomic E-state index is 0.322. The molecule has 0 aliphatic rings. The Kier molecular flexibility index (Phi) is 4.78. The maximum absolute atomic E-state index is 8.63. The minimum Gasteiger partial charge on any atom is -0.508 e. The molecule has 0 fully saturated rings. The topological polar surface area (TPSA) is 20.2 Å². The van der Waals surface area contributed by atoms with E-state index in [0.29, 0.717) is 5.75 Å². The summed E-state index contributed by atoms with van der Waals surface area (Å²) < 4.78 is 0.